The highest BCUT2D eigenvalue weighted by Crippen LogP contribution is 2.27. The number of ether oxygens (including phenoxy) is 2. The van der Waals surface area contributed by atoms with Crippen LogP contribution >= 0.6 is 0 Å². The molecule has 0 saturated carbocycles. The first-order chi connectivity index (χ1) is 15.4. The average Bonchev–Trinajstić information content (AvgIpc) is 2.80. The quantitative estimate of drug-likeness (QED) is 0.315. The number of hydrogen-bond acceptors (Lipinski definition) is 6. The van der Waals surface area contributed by atoms with Crippen LogP contribution in [0.25, 0.3) is 12.2 Å². The summed E-state index contributed by atoms with van der Waals surface area (Å²) in [6, 6.07) is 9.62. The van der Waals surface area contributed by atoms with E-state index in [4.69, 9.17) is 9.47 Å². The fourth-order valence-corrected chi connectivity index (χ4v) is 2.73. The maximum Gasteiger partial charge on any atom is 0.243 e. The Bertz CT molecular complexity index is 905. The maximum atomic E-state index is 11.9. The van der Waals surface area contributed by atoms with E-state index in [1.165, 1.54) is 38.5 Å². The van der Waals surface area contributed by atoms with Crippen molar-refractivity contribution in [1.82, 2.24) is 10.6 Å². The van der Waals surface area contributed by atoms with Gasteiger partial charge in [0.05, 0.1) is 14.2 Å². The van der Waals surface area contributed by atoms with Crippen LogP contribution < -0.4 is 20.1 Å². The summed E-state index contributed by atoms with van der Waals surface area (Å²) in [7, 11) is 2.92. The molecule has 0 aromatic heterocycles. The molecule has 4 N–H and O–H groups in total. The van der Waals surface area contributed by atoms with Crippen molar-refractivity contribution in [2.75, 3.05) is 27.3 Å². The fourth-order valence-electron chi connectivity index (χ4n) is 2.73. The fraction of sp³-hybridized carbons (Fsp3) is 0.250. The van der Waals surface area contributed by atoms with Crippen molar-refractivity contribution < 1.29 is 29.3 Å². The van der Waals surface area contributed by atoms with Crippen LogP contribution in [0, 0.1) is 0 Å². The van der Waals surface area contributed by atoms with E-state index < -0.39 is 0 Å². The van der Waals surface area contributed by atoms with Crippen LogP contribution in [0.3, 0.4) is 0 Å². The lowest BCUT2D eigenvalue weighted by Gasteiger charge is -2.05. The Morgan fingerprint density at radius 1 is 0.781 bits per heavy atom. The monoisotopic (exact) mass is 440 g/mol. The van der Waals surface area contributed by atoms with E-state index in [9.17, 15) is 19.8 Å². The van der Waals surface area contributed by atoms with Crippen molar-refractivity contribution in [3.63, 3.8) is 0 Å². The predicted molar refractivity (Wildman–Crippen MR) is 123 cm³/mol. The zero-order chi connectivity index (χ0) is 23.3. The van der Waals surface area contributed by atoms with Crippen molar-refractivity contribution in [2.45, 2.75) is 12.8 Å². The van der Waals surface area contributed by atoms with Gasteiger partial charge in [-0.1, -0.05) is 12.1 Å². The Kier molecular flexibility index (Phi) is 9.65. The number of carbonyl (C=O) groups excluding carboxylic acids is 2. The summed E-state index contributed by atoms with van der Waals surface area (Å²) in [4.78, 5) is 23.8. The normalized spacial score (nSPS) is 10.9. The van der Waals surface area contributed by atoms with E-state index >= 15 is 0 Å². The molecule has 0 atom stereocenters. The van der Waals surface area contributed by atoms with E-state index in [-0.39, 0.29) is 23.3 Å². The molecule has 8 nitrogen and oxygen atoms in total. The molecular formula is C24H28N2O6. The van der Waals surface area contributed by atoms with Crippen LogP contribution in [0.1, 0.15) is 24.0 Å². The lowest BCUT2D eigenvalue weighted by atomic mass is 10.2. The standard InChI is InChI=1S/C24H28N2O6/c1-31-21-15-17(5-9-19(21)27)7-11-23(29)25-13-3-4-14-26-24(30)12-8-18-6-10-20(28)22(16-18)32-2/h5-12,15-16,27-28H,3-4,13-14H2,1-2H3,(H,25,29)(H,26,30)/b11-7-,12-8+. The number of carbonyl (C=O) groups is 2. The van der Waals surface area contributed by atoms with Crippen LogP contribution in [-0.2, 0) is 9.59 Å². The predicted octanol–water partition coefficient (Wildman–Crippen LogP) is 2.85. The summed E-state index contributed by atoms with van der Waals surface area (Å²) >= 11 is 0. The molecule has 2 aromatic rings. The zero-order valence-electron chi connectivity index (χ0n) is 18.1. The molecule has 0 unspecified atom stereocenters. The van der Waals surface area contributed by atoms with Crippen LogP contribution in [0.15, 0.2) is 48.6 Å². The summed E-state index contributed by atoms with van der Waals surface area (Å²) in [6.07, 6.45) is 7.52. The highest BCUT2D eigenvalue weighted by atomic mass is 16.5. The zero-order valence-corrected chi connectivity index (χ0v) is 18.1. The van der Waals surface area contributed by atoms with Gasteiger partial charge in [0, 0.05) is 25.2 Å². The van der Waals surface area contributed by atoms with Crippen molar-refractivity contribution in [3.8, 4) is 23.0 Å². The Labute approximate surface area is 187 Å². The molecule has 0 fully saturated rings. The highest BCUT2D eigenvalue weighted by molar-refractivity contribution is 5.92. The first-order valence-corrected chi connectivity index (χ1v) is 10.1. The second-order valence-electron chi connectivity index (χ2n) is 6.82. The van der Waals surface area contributed by atoms with Gasteiger partial charge in [0.2, 0.25) is 11.8 Å². The molecule has 0 aliphatic carbocycles. The third-order valence-corrected chi connectivity index (χ3v) is 4.46. The third-order valence-electron chi connectivity index (χ3n) is 4.46. The van der Waals surface area contributed by atoms with Gasteiger partial charge in [0.1, 0.15) is 0 Å². The molecule has 0 spiro atoms. The van der Waals surface area contributed by atoms with Gasteiger partial charge in [-0.3, -0.25) is 9.59 Å². The number of benzene rings is 2. The largest absolute Gasteiger partial charge is 0.504 e. The maximum absolute atomic E-state index is 11.9. The van der Waals surface area contributed by atoms with Gasteiger partial charge in [0.15, 0.2) is 23.0 Å². The molecule has 8 heteroatoms. The summed E-state index contributed by atoms with van der Waals surface area (Å²) < 4.78 is 10.1. The minimum absolute atomic E-state index is 0.0391. The van der Waals surface area contributed by atoms with E-state index in [1.807, 2.05) is 0 Å². The SMILES string of the molecule is COc1cc(/C=C\C(=O)NCCCCNC(=O)/C=C/c2ccc(O)c(OC)c2)ccc1O. The molecule has 0 radical (unpaired) electrons. The Morgan fingerprint density at radius 2 is 1.19 bits per heavy atom. The van der Waals surface area contributed by atoms with E-state index in [1.54, 1.807) is 36.4 Å². The summed E-state index contributed by atoms with van der Waals surface area (Å²) in [5, 5.41) is 24.7. The first kappa shape index (κ1) is 24.3. The van der Waals surface area contributed by atoms with Gasteiger partial charge < -0.3 is 30.3 Å². The van der Waals surface area contributed by atoms with E-state index in [2.05, 4.69) is 10.6 Å². The van der Waals surface area contributed by atoms with Crippen molar-refractivity contribution >= 4 is 24.0 Å². The number of phenols is 2. The number of hydrogen-bond donors (Lipinski definition) is 4. The summed E-state index contributed by atoms with van der Waals surface area (Å²) in [6.45, 7) is 0.974. The van der Waals surface area contributed by atoms with Gasteiger partial charge in [-0.2, -0.15) is 0 Å². The molecule has 0 bridgehead atoms. The number of methoxy groups -OCH3 is 2. The summed E-state index contributed by atoms with van der Waals surface area (Å²) in [5.74, 6) is 0.302. The summed E-state index contributed by atoms with van der Waals surface area (Å²) in [5.41, 5.74) is 1.47. The second-order valence-corrected chi connectivity index (χ2v) is 6.82. The third kappa shape index (κ3) is 8.06. The number of phenolic OH excluding ortho intramolecular Hbond substituents is 2. The molecule has 2 amide bonds. The number of amides is 2. The smallest absolute Gasteiger partial charge is 0.243 e. The molecule has 0 aliphatic heterocycles. The lowest BCUT2D eigenvalue weighted by Crippen LogP contribution is -2.25. The van der Waals surface area contributed by atoms with Crippen molar-refractivity contribution in [2.24, 2.45) is 0 Å². The van der Waals surface area contributed by atoms with Crippen LogP contribution in [0.4, 0.5) is 0 Å². The highest BCUT2D eigenvalue weighted by Gasteiger charge is 2.03. The molecule has 0 heterocycles. The molecule has 0 saturated heterocycles. The number of unbranched alkanes of at least 4 members (excludes halogenated alkanes) is 1. The number of rotatable bonds is 11. The molecular weight excluding hydrogens is 412 g/mol. The molecule has 0 aliphatic rings. The Morgan fingerprint density at radius 3 is 1.56 bits per heavy atom. The van der Waals surface area contributed by atoms with Gasteiger partial charge >= 0.3 is 0 Å². The molecule has 2 rings (SSSR count). The molecule has 170 valence electrons. The van der Waals surface area contributed by atoms with Crippen LogP contribution in [0.2, 0.25) is 0 Å². The second kappa shape index (κ2) is 12.7. The van der Waals surface area contributed by atoms with Gasteiger partial charge in [0.25, 0.3) is 0 Å². The molecule has 32 heavy (non-hydrogen) atoms. The van der Waals surface area contributed by atoms with Gasteiger partial charge in [-0.25, -0.2) is 0 Å². The van der Waals surface area contributed by atoms with E-state index in [0.29, 0.717) is 37.4 Å². The van der Waals surface area contributed by atoms with Gasteiger partial charge in [-0.15, -0.1) is 0 Å². The van der Waals surface area contributed by atoms with Crippen LogP contribution in [0.5, 0.6) is 23.0 Å². The van der Waals surface area contributed by atoms with Crippen molar-refractivity contribution in [3.05, 3.63) is 59.7 Å². The number of aromatic hydroxyl groups is 2. The Balaban J connectivity index is 1.63. The minimum atomic E-state index is -0.228. The number of nitrogens with one attached hydrogen (secondary N) is 2. The lowest BCUT2D eigenvalue weighted by molar-refractivity contribution is -0.117. The van der Waals surface area contributed by atoms with Crippen molar-refractivity contribution in [1.29, 1.82) is 0 Å². The minimum Gasteiger partial charge on any atom is -0.504 e. The van der Waals surface area contributed by atoms with E-state index in [0.717, 1.165) is 11.1 Å². The first-order valence-electron chi connectivity index (χ1n) is 10.1. The van der Waals surface area contributed by atoms with Gasteiger partial charge in [-0.05, 0) is 60.4 Å². The Hall–Kier alpha value is -3.94. The topological polar surface area (TPSA) is 117 Å². The van der Waals surface area contributed by atoms with Crippen LogP contribution in [-0.4, -0.2) is 49.3 Å². The average molecular weight is 440 g/mol. The molecule has 2 aromatic carbocycles.